The summed E-state index contributed by atoms with van der Waals surface area (Å²) >= 11 is 0. The molecule has 2 aromatic carbocycles. The second kappa shape index (κ2) is 5.52. The molecule has 0 aliphatic carbocycles. The molecule has 0 spiro atoms. The molecule has 21 heavy (non-hydrogen) atoms. The van der Waals surface area contributed by atoms with Crippen LogP contribution in [-0.4, -0.2) is 9.97 Å². The summed E-state index contributed by atoms with van der Waals surface area (Å²) in [5.74, 6) is 0.760. The minimum Gasteiger partial charge on any atom is -0.310 e. The Morgan fingerprint density at radius 2 is 1.86 bits per heavy atom. The quantitative estimate of drug-likeness (QED) is 0.791. The van der Waals surface area contributed by atoms with Gasteiger partial charge in [0.15, 0.2) is 0 Å². The van der Waals surface area contributed by atoms with Gasteiger partial charge in [-0.05, 0) is 30.2 Å². The van der Waals surface area contributed by atoms with Crippen LogP contribution in [0.3, 0.4) is 0 Å². The Labute approximate surface area is 123 Å². The maximum absolute atomic E-state index is 12.1. The van der Waals surface area contributed by atoms with Gasteiger partial charge in [0, 0.05) is 17.5 Å². The largest absolute Gasteiger partial charge is 0.310 e. The van der Waals surface area contributed by atoms with Crippen LogP contribution in [0.1, 0.15) is 24.7 Å². The van der Waals surface area contributed by atoms with Gasteiger partial charge in [-0.25, -0.2) is 4.98 Å². The highest BCUT2D eigenvalue weighted by Gasteiger charge is 2.10. The van der Waals surface area contributed by atoms with Gasteiger partial charge in [0.1, 0.15) is 5.82 Å². The van der Waals surface area contributed by atoms with E-state index in [9.17, 15) is 4.79 Å². The smallest absolute Gasteiger partial charge is 0.254 e. The number of fused-ring (bicyclic) bond motifs is 1. The maximum atomic E-state index is 12.1. The van der Waals surface area contributed by atoms with Crippen molar-refractivity contribution in [2.45, 2.75) is 26.7 Å². The third-order valence-electron chi connectivity index (χ3n) is 3.71. The first kappa shape index (κ1) is 13.6. The number of hydrogen-bond acceptors (Lipinski definition) is 2. The van der Waals surface area contributed by atoms with Crippen molar-refractivity contribution in [2.24, 2.45) is 0 Å². The number of aromatic nitrogens is 2. The van der Waals surface area contributed by atoms with Crippen LogP contribution in [0.15, 0.2) is 47.3 Å². The molecule has 3 nitrogen and oxygen atoms in total. The summed E-state index contributed by atoms with van der Waals surface area (Å²) in [7, 11) is 0. The number of H-pyrrole nitrogens is 1. The van der Waals surface area contributed by atoms with E-state index in [4.69, 9.17) is 0 Å². The summed E-state index contributed by atoms with van der Waals surface area (Å²) in [4.78, 5) is 19.6. The second-order valence-electron chi connectivity index (χ2n) is 5.30. The van der Waals surface area contributed by atoms with Crippen molar-refractivity contribution < 1.29 is 0 Å². The molecular formula is C18H18N2O. The lowest BCUT2D eigenvalue weighted by molar-refractivity contribution is 0.823. The van der Waals surface area contributed by atoms with Crippen LogP contribution in [-0.2, 0) is 6.42 Å². The van der Waals surface area contributed by atoms with Gasteiger partial charge in [0.05, 0.1) is 5.69 Å². The number of aromatic amines is 1. The third-order valence-corrected chi connectivity index (χ3v) is 3.71. The van der Waals surface area contributed by atoms with E-state index in [0.29, 0.717) is 5.56 Å². The molecule has 0 bridgehead atoms. The van der Waals surface area contributed by atoms with Crippen LogP contribution >= 0.6 is 0 Å². The van der Waals surface area contributed by atoms with Crippen molar-refractivity contribution in [3.05, 3.63) is 64.2 Å². The van der Waals surface area contributed by atoms with Gasteiger partial charge >= 0.3 is 0 Å². The van der Waals surface area contributed by atoms with E-state index in [2.05, 4.69) is 41.2 Å². The first-order chi connectivity index (χ1) is 10.2. The van der Waals surface area contributed by atoms with E-state index in [1.54, 1.807) is 0 Å². The summed E-state index contributed by atoms with van der Waals surface area (Å²) in [6.45, 7) is 3.90. The summed E-state index contributed by atoms with van der Waals surface area (Å²) < 4.78 is 0. The Hall–Kier alpha value is -2.42. The lowest BCUT2D eigenvalue weighted by Gasteiger charge is -2.08. The minimum absolute atomic E-state index is 0.0448. The van der Waals surface area contributed by atoms with E-state index >= 15 is 0 Å². The molecule has 1 N–H and O–H groups in total. The SMILES string of the molecule is CCCc1nc(-c2ccc3ccccc3c2)c(C)c(=O)[nH]1. The van der Waals surface area contributed by atoms with Gasteiger partial charge in [0.25, 0.3) is 5.56 Å². The Morgan fingerprint density at radius 3 is 2.62 bits per heavy atom. The van der Waals surface area contributed by atoms with Crippen LogP contribution in [0.5, 0.6) is 0 Å². The van der Waals surface area contributed by atoms with Crippen molar-refractivity contribution in [2.75, 3.05) is 0 Å². The zero-order valence-corrected chi connectivity index (χ0v) is 12.3. The average molecular weight is 278 g/mol. The summed E-state index contributed by atoms with van der Waals surface area (Å²) in [6.07, 6.45) is 1.75. The fourth-order valence-electron chi connectivity index (χ4n) is 2.55. The minimum atomic E-state index is -0.0448. The standard InChI is InChI=1S/C18H18N2O/c1-3-6-16-19-17(12(2)18(21)20-16)15-10-9-13-7-4-5-8-14(13)11-15/h4-5,7-11H,3,6H2,1-2H3,(H,19,20,21). The molecule has 3 aromatic rings. The van der Waals surface area contributed by atoms with Crippen LogP contribution in [0.4, 0.5) is 0 Å². The fourth-order valence-corrected chi connectivity index (χ4v) is 2.55. The molecule has 0 unspecified atom stereocenters. The number of rotatable bonds is 3. The molecule has 0 fully saturated rings. The van der Waals surface area contributed by atoms with E-state index < -0.39 is 0 Å². The number of benzene rings is 2. The number of nitrogens with zero attached hydrogens (tertiary/aromatic N) is 1. The molecule has 0 saturated carbocycles. The van der Waals surface area contributed by atoms with E-state index in [1.165, 1.54) is 5.39 Å². The van der Waals surface area contributed by atoms with Gasteiger partial charge in [-0.2, -0.15) is 0 Å². The van der Waals surface area contributed by atoms with Gasteiger partial charge in [-0.3, -0.25) is 4.79 Å². The van der Waals surface area contributed by atoms with Gasteiger partial charge in [-0.1, -0.05) is 43.3 Å². The topological polar surface area (TPSA) is 45.8 Å². The monoisotopic (exact) mass is 278 g/mol. The molecule has 106 valence electrons. The van der Waals surface area contributed by atoms with Crippen molar-refractivity contribution in [1.29, 1.82) is 0 Å². The van der Waals surface area contributed by atoms with Crippen LogP contribution in [0.25, 0.3) is 22.0 Å². The average Bonchev–Trinajstić information content (AvgIpc) is 2.50. The molecule has 0 aliphatic heterocycles. The van der Waals surface area contributed by atoms with Crippen molar-refractivity contribution in [3.63, 3.8) is 0 Å². The number of hydrogen-bond donors (Lipinski definition) is 1. The maximum Gasteiger partial charge on any atom is 0.254 e. The van der Waals surface area contributed by atoms with E-state index in [-0.39, 0.29) is 5.56 Å². The van der Waals surface area contributed by atoms with Crippen LogP contribution in [0, 0.1) is 6.92 Å². The number of aryl methyl sites for hydroxylation is 1. The highest BCUT2D eigenvalue weighted by Crippen LogP contribution is 2.24. The van der Waals surface area contributed by atoms with E-state index in [1.807, 2.05) is 25.1 Å². The molecule has 0 atom stereocenters. The Bertz CT molecular complexity index is 849. The predicted molar refractivity (Wildman–Crippen MR) is 86.5 cm³/mol. The van der Waals surface area contributed by atoms with Gasteiger partial charge in [0.2, 0.25) is 0 Å². The Morgan fingerprint density at radius 1 is 1.10 bits per heavy atom. The van der Waals surface area contributed by atoms with Crippen molar-refractivity contribution in [1.82, 2.24) is 9.97 Å². The Kier molecular flexibility index (Phi) is 3.57. The predicted octanol–water partition coefficient (Wildman–Crippen LogP) is 3.85. The third kappa shape index (κ3) is 2.59. The van der Waals surface area contributed by atoms with Gasteiger partial charge in [-0.15, -0.1) is 0 Å². The molecule has 3 heteroatoms. The lowest BCUT2D eigenvalue weighted by Crippen LogP contribution is -2.16. The molecule has 1 heterocycles. The molecule has 3 rings (SSSR count). The molecular weight excluding hydrogens is 260 g/mol. The van der Waals surface area contributed by atoms with Crippen molar-refractivity contribution in [3.8, 4) is 11.3 Å². The molecule has 0 saturated heterocycles. The highest BCUT2D eigenvalue weighted by atomic mass is 16.1. The highest BCUT2D eigenvalue weighted by molar-refractivity contribution is 5.87. The normalized spacial score (nSPS) is 11.0. The Balaban J connectivity index is 2.19. The summed E-state index contributed by atoms with van der Waals surface area (Å²) in [6, 6.07) is 14.4. The van der Waals surface area contributed by atoms with Crippen molar-refractivity contribution >= 4 is 10.8 Å². The summed E-state index contributed by atoms with van der Waals surface area (Å²) in [5, 5.41) is 2.35. The molecule has 0 amide bonds. The first-order valence-electron chi connectivity index (χ1n) is 7.28. The fraction of sp³-hybridized carbons (Fsp3) is 0.222. The molecule has 1 aromatic heterocycles. The zero-order chi connectivity index (χ0) is 14.8. The van der Waals surface area contributed by atoms with Crippen LogP contribution in [0.2, 0.25) is 0 Å². The summed E-state index contributed by atoms with van der Waals surface area (Å²) in [5.41, 5.74) is 2.41. The lowest BCUT2D eigenvalue weighted by atomic mass is 10.0. The molecule has 0 aliphatic rings. The van der Waals surface area contributed by atoms with Crippen LogP contribution < -0.4 is 5.56 Å². The second-order valence-corrected chi connectivity index (χ2v) is 5.30. The number of nitrogens with one attached hydrogen (secondary N) is 1. The van der Waals surface area contributed by atoms with Gasteiger partial charge < -0.3 is 4.98 Å². The molecule has 0 radical (unpaired) electrons. The zero-order valence-electron chi connectivity index (χ0n) is 12.3. The van der Waals surface area contributed by atoms with E-state index in [0.717, 1.165) is 35.3 Å². The first-order valence-corrected chi connectivity index (χ1v) is 7.28.